The van der Waals surface area contributed by atoms with Crippen molar-refractivity contribution < 1.29 is 0 Å². The first-order valence-electron chi connectivity index (χ1n) is 13.0. The molecule has 0 radical (unpaired) electrons. The molecule has 0 saturated carbocycles. The van der Waals surface area contributed by atoms with Gasteiger partial charge in [0, 0.05) is 27.9 Å². The van der Waals surface area contributed by atoms with Gasteiger partial charge in [-0.1, -0.05) is 115 Å². The van der Waals surface area contributed by atoms with Crippen molar-refractivity contribution >= 4 is 32.4 Å². The summed E-state index contributed by atoms with van der Waals surface area (Å²) in [5.41, 5.74) is 10.5. The van der Waals surface area contributed by atoms with Crippen LogP contribution < -0.4 is 0 Å². The third-order valence-corrected chi connectivity index (χ3v) is 8.12. The number of aromatic nitrogens is 1. The van der Waals surface area contributed by atoms with Gasteiger partial charge in [-0.05, 0) is 62.4 Å². The zero-order valence-electron chi connectivity index (χ0n) is 20.4. The van der Waals surface area contributed by atoms with Gasteiger partial charge in [0.25, 0.3) is 0 Å². The van der Waals surface area contributed by atoms with Gasteiger partial charge in [-0.15, -0.1) is 0 Å². The molecule has 0 fully saturated rings. The smallest absolute Gasteiger partial charge is 0.0551 e. The first-order valence-corrected chi connectivity index (χ1v) is 13.0. The third-order valence-electron chi connectivity index (χ3n) is 8.12. The number of nitrogens with one attached hydrogen (secondary N) is 1. The van der Waals surface area contributed by atoms with Gasteiger partial charge in [0.05, 0.1) is 5.69 Å². The van der Waals surface area contributed by atoms with E-state index in [1.165, 1.54) is 71.5 Å². The summed E-state index contributed by atoms with van der Waals surface area (Å²) in [7, 11) is 0. The van der Waals surface area contributed by atoms with Crippen LogP contribution in [0.15, 0.2) is 127 Å². The highest BCUT2D eigenvalue weighted by Crippen LogP contribution is 2.50. The molecule has 0 spiro atoms. The Balaban J connectivity index is 1.29. The average Bonchev–Trinajstić information content (AvgIpc) is 3.49. The monoisotopic (exact) mass is 471 g/mol. The molecule has 7 aromatic rings. The summed E-state index contributed by atoms with van der Waals surface area (Å²) in [6.07, 6.45) is 0.961. The zero-order valence-corrected chi connectivity index (χ0v) is 20.4. The average molecular weight is 472 g/mol. The lowest BCUT2D eigenvalue weighted by atomic mass is 9.85. The van der Waals surface area contributed by atoms with Gasteiger partial charge in [0.1, 0.15) is 0 Å². The van der Waals surface area contributed by atoms with Crippen LogP contribution in [0.3, 0.4) is 0 Å². The Morgan fingerprint density at radius 2 is 1.30 bits per heavy atom. The van der Waals surface area contributed by atoms with E-state index in [1.807, 2.05) is 0 Å². The highest BCUT2D eigenvalue weighted by molar-refractivity contribution is 6.21. The van der Waals surface area contributed by atoms with E-state index < -0.39 is 0 Å². The lowest BCUT2D eigenvalue weighted by molar-refractivity contribution is 0.807. The Labute approximate surface area is 216 Å². The molecule has 1 heterocycles. The molecule has 0 aliphatic heterocycles. The van der Waals surface area contributed by atoms with Crippen molar-refractivity contribution in [3.63, 3.8) is 0 Å². The van der Waals surface area contributed by atoms with E-state index in [-0.39, 0.29) is 5.92 Å². The highest BCUT2D eigenvalue weighted by atomic mass is 14.7. The summed E-state index contributed by atoms with van der Waals surface area (Å²) in [4.78, 5) is 3.76. The molecule has 37 heavy (non-hydrogen) atoms. The van der Waals surface area contributed by atoms with Crippen molar-refractivity contribution in [1.29, 1.82) is 0 Å². The van der Waals surface area contributed by atoms with Crippen molar-refractivity contribution in [2.75, 3.05) is 0 Å². The van der Waals surface area contributed by atoms with Gasteiger partial charge in [0.15, 0.2) is 0 Å². The molecule has 1 unspecified atom stereocenters. The SMILES string of the molecule is c1ccc(C(Cc2ccc3ccccc3c2)c2ccc3[nH]c4c(c3c2)-c2cccc3cccc-4c23)cc1. The standard InChI is InChI=1S/C36H25N/c1-2-9-25(10-3-1)31(21-23-16-17-24-8-4-5-11-27(24)20-23)28-18-19-33-32(22-28)35-29-14-6-12-26-13-7-15-30(34(26)29)36(35)37-33/h1-20,22,31,37H,21H2. The largest absolute Gasteiger partial charge is 0.354 e. The lowest BCUT2D eigenvalue weighted by Crippen LogP contribution is -2.05. The number of fused-ring (bicyclic) bond motifs is 6. The normalized spacial score (nSPS) is 12.9. The first-order chi connectivity index (χ1) is 18.3. The molecule has 1 aliphatic carbocycles. The predicted molar refractivity (Wildman–Crippen MR) is 156 cm³/mol. The Hall–Kier alpha value is -4.62. The second kappa shape index (κ2) is 7.94. The summed E-state index contributed by atoms with van der Waals surface area (Å²) in [6.45, 7) is 0. The van der Waals surface area contributed by atoms with Crippen LogP contribution in [0.1, 0.15) is 22.6 Å². The summed E-state index contributed by atoms with van der Waals surface area (Å²) in [5, 5.41) is 6.59. The molecule has 8 rings (SSSR count). The fourth-order valence-corrected chi connectivity index (χ4v) is 6.38. The molecule has 0 bridgehead atoms. The van der Waals surface area contributed by atoms with Gasteiger partial charge >= 0.3 is 0 Å². The van der Waals surface area contributed by atoms with Crippen LogP contribution in [0.4, 0.5) is 0 Å². The van der Waals surface area contributed by atoms with Crippen molar-refractivity contribution in [3.05, 3.63) is 144 Å². The Morgan fingerprint density at radius 3 is 2.16 bits per heavy atom. The molecule has 6 aromatic carbocycles. The Kier molecular flexibility index (Phi) is 4.41. The van der Waals surface area contributed by atoms with Crippen LogP contribution in [0.5, 0.6) is 0 Å². The number of hydrogen-bond donors (Lipinski definition) is 1. The van der Waals surface area contributed by atoms with E-state index in [1.54, 1.807) is 0 Å². The number of benzene rings is 6. The summed E-state index contributed by atoms with van der Waals surface area (Å²) in [6, 6.07) is 46.9. The highest BCUT2D eigenvalue weighted by Gasteiger charge is 2.26. The molecular formula is C36H25N. The molecule has 1 aliphatic rings. The van der Waals surface area contributed by atoms with Crippen LogP contribution in [-0.4, -0.2) is 4.98 Å². The Morgan fingerprint density at radius 1 is 0.541 bits per heavy atom. The zero-order chi connectivity index (χ0) is 24.3. The first kappa shape index (κ1) is 20.6. The fourth-order valence-electron chi connectivity index (χ4n) is 6.38. The van der Waals surface area contributed by atoms with E-state index in [2.05, 4.69) is 132 Å². The van der Waals surface area contributed by atoms with Gasteiger partial charge in [0.2, 0.25) is 0 Å². The van der Waals surface area contributed by atoms with Gasteiger partial charge in [-0.2, -0.15) is 0 Å². The number of H-pyrrole nitrogens is 1. The van der Waals surface area contributed by atoms with E-state index in [9.17, 15) is 0 Å². The van der Waals surface area contributed by atoms with Crippen molar-refractivity contribution in [1.82, 2.24) is 4.98 Å². The van der Waals surface area contributed by atoms with E-state index >= 15 is 0 Å². The van der Waals surface area contributed by atoms with Crippen LogP contribution in [0.25, 0.3) is 54.8 Å². The molecule has 1 nitrogen and oxygen atoms in total. The second-order valence-electron chi connectivity index (χ2n) is 10.2. The number of rotatable bonds is 4. The van der Waals surface area contributed by atoms with Gasteiger partial charge in [-0.25, -0.2) is 0 Å². The Bertz CT molecular complexity index is 1950. The summed E-state index contributed by atoms with van der Waals surface area (Å²) < 4.78 is 0. The summed E-state index contributed by atoms with van der Waals surface area (Å²) >= 11 is 0. The maximum atomic E-state index is 3.76. The molecular weight excluding hydrogens is 446 g/mol. The van der Waals surface area contributed by atoms with Crippen molar-refractivity contribution in [2.45, 2.75) is 12.3 Å². The maximum absolute atomic E-state index is 3.76. The van der Waals surface area contributed by atoms with Gasteiger partial charge < -0.3 is 4.98 Å². The minimum Gasteiger partial charge on any atom is -0.354 e. The topological polar surface area (TPSA) is 15.8 Å². The van der Waals surface area contributed by atoms with Crippen LogP contribution in [0.2, 0.25) is 0 Å². The molecule has 0 amide bonds. The van der Waals surface area contributed by atoms with Gasteiger partial charge in [-0.3, -0.25) is 0 Å². The molecule has 1 heteroatoms. The summed E-state index contributed by atoms with van der Waals surface area (Å²) in [5.74, 6) is 0.275. The van der Waals surface area contributed by atoms with E-state index in [0.717, 1.165) is 6.42 Å². The quantitative estimate of drug-likeness (QED) is 0.263. The third kappa shape index (κ3) is 3.17. The number of hydrogen-bond acceptors (Lipinski definition) is 0. The minimum absolute atomic E-state index is 0.275. The van der Waals surface area contributed by atoms with Crippen molar-refractivity contribution in [3.8, 4) is 22.4 Å². The molecule has 1 N–H and O–H groups in total. The molecule has 0 saturated heterocycles. The molecule has 1 atom stereocenters. The van der Waals surface area contributed by atoms with Crippen LogP contribution in [0, 0.1) is 0 Å². The molecule has 174 valence electrons. The van der Waals surface area contributed by atoms with Crippen molar-refractivity contribution in [2.24, 2.45) is 0 Å². The maximum Gasteiger partial charge on any atom is 0.0551 e. The van der Waals surface area contributed by atoms with Crippen LogP contribution in [-0.2, 0) is 6.42 Å². The predicted octanol–water partition coefficient (Wildman–Crippen LogP) is 9.50. The minimum atomic E-state index is 0.275. The second-order valence-corrected chi connectivity index (χ2v) is 10.2. The van der Waals surface area contributed by atoms with E-state index in [4.69, 9.17) is 0 Å². The lowest BCUT2D eigenvalue weighted by Gasteiger charge is -2.19. The van der Waals surface area contributed by atoms with E-state index in [0.29, 0.717) is 0 Å². The molecule has 1 aromatic heterocycles. The number of aromatic amines is 1. The fraction of sp³-hybridized carbons (Fsp3) is 0.0556. The van der Waals surface area contributed by atoms with Crippen LogP contribution >= 0.6 is 0 Å².